The maximum atomic E-state index is 13.5. The smallest absolute Gasteiger partial charge is 0.260 e. The van der Waals surface area contributed by atoms with Gasteiger partial charge in [0.05, 0.1) is 30.2 Å². The Kier molecular flexibility index (Phi) is 6.02. The summed E-state index contributed by atoms with van der Waals surface area (Å²) in [6.07, 6.45) is 6.07. The molecule has 1 aliphatic rings. The maximum absolute atomic E-state index is 13.5. The lowest BCUT2D eigenvalue weighted by Crippen LogP contribution is -2.24. The Morgan fingerprint density at radius 3 is 2.71 bits per heavy atom. The van der Waals surface area contributed by atoms with E-state index >= 15 is 0 Å². The lowest BCUT2D eigenvalue weighted by Gasteiger charge is -2.15. The van der Waals surface area contributed by atoms with Crippen LogP contribution >= 0.6 is 11.6 Å². The van der Waals surface area contributed by atoms with Crippen LogP contribution < -0.4 is 10.9 Å². The van der Waals surface area contributed by atoms with E-state index in [1.807, 2.05) is 39.0 Å². The van der Waals surface area contributed by atoms with Crippen LogP contribution in [0.15, 0.2) is 41.6 Å². The molecule has 8 nitrogen and oxygen atoms in total. The molecule has 0 spiro atoms. The molecular weight excluding hydrogens is 452 g/mol. The molecule has 0 bridgehead atoms. The van der Waals surface area contributed by atoms with Gasteiger partial charge in [-0.15, -0.1) is 0 Å². The topological polar surface area (TPSA) is 94.8 Å². The van der Waals surface area contributed by atoms with Gasteiger partial charge >= 0.3 is 0 Å². The van der Waals surface area contributed by atoms with Crippen molar-refractivity contribution in [2.45, 2.75) is 39.8 Å². The molecule has 1 N–H and O–H groups in total. The largest absolute Gasteiger partial charge is 0.379 e. The number of aryl methyl sites for hydroxylation is 3. The maximum Gasteiger partial charge on any atom is 0.260 e. The number of hydrogen-bond donors (Lipinski definition) is 1. The number of hydrogen-bond acceptors (Lipinski definition) is 7. The molecule has 1 saturated heterocycles. The van der Waals surface area contributed by atoms with E-state index in [2.05, 4.69) is 25.3 Å². The summed E-state index contributed by atoms with van der Waals surface area (Å²) >= 11 is 6.72. The number of halogens is 1. The Bertz CT molecular complexity index is 1450. The quantitative estimate of drug-likeness (QED) is 0.456. The highest BCUT2D eigenvalue weighted by Gasteiger charge is 2.19. The van der Waals surface area contributed by atoms with Crippen molar-refractivity contribution in [1.29, 1.82) is 0 Å². The van der Waals surface area contributed by atoms with Gasteiger partial charge in [-0.25, -0.2) is 9.97 Å². The van der Waals surface area contributed by atoms with Crippen LogP contribution in [-0.4, -0.2) is 43.8 Å². The van der Waals surface area contributed by atoms with Crippen molar-refractivity contribution < 1.29 is 4.74 Å². The Labute approximate surface area is 202 Å². The molecule has 174 valence electrons. The highest BCUT2D eigenvalue weighted by Crippen LogP contribution is 2.34. The summed E-state index contributed by atoms with van der Waals surface area (Å²) in [5, 5.41) is 4.54. The van der Waals surface area contributed by atoms with Gasteiger partial charge in [0, 0.05) is 52.6 Å². The van der Waals surface area contributed by atoms with Gasteiger partial charge in [0.25, 0.3) is 5.56 Å². The van der Waals surface area contributed by atoms with Crippen molar-refractivity contribution in [2.24, 2.45) is 0 Å². The predicted molar refractivity (Wildman–Crippen MR) is 133 cm³/mol. The number of rotatable bonds is 5. The number of benzene rings is 1. The molecule has 0 aliphatic carbocycles. The van der Waals surface area contributed by atoms with Gasteiger partial charge in [0.2, 0.25) is 5.95 Å². The fraction of sp³-hybridized carbons (Fsp3) is 0.320. The minimum absolute atomic E-state index is 0.145. The van der Waals surface area contributed by atoms with Crippen molar-refractivity contribution >= 4 is 28.6 Å². The van der Waals surface area contributed by atoms with Gasteiger partial charge in [0.15, 0.2) is 0 Å². The van der Waals surface area contributed by atoms with Crippen LogP contribution in [-0.2, 0) is 11.3 Å². The van der Waals surface area contributed by atoms with Gasteiger partial charge < -0.3 is 10.1 Å². The Morgan fingerprint density at radius 2 is 1.97 bits per heavy atom. The zero-order valence-electron chi connectivity index (χ0n) is 19.3. The summed E-state index contributed by atoms with van der Waals surface area (Å²) in [7, 11) is 0. The van der Waals surface area contributed by atoms with Crippen LogP contribution in [0.2, 0.25) is 5.02 Å². The number of pyridine rings is 1. The van der Waals surface area contributed by atoms with Crippen molar-refractivity contribution in [3.05, 3.63) is 63.4 Å². The number of nitrogens with zero attached hydrogens (tertiary/aromatic N) is 5. The minimum atomic E-state index is -0.145. The zero-order valence-corrected chi connectivity index (χ0v) is 20.1. The Balaban J connectivity index is 1.60. The molecule has 1 fully saturated rings. The van der Waals surface area contributed by atoms with E-state index in [9.17, 15) is 4.79 Å². The first-order valence-corrected chi connectivity index (χ1v) is 11.7. The first-order chi connectivity index (χ1) is 16.4. The monoisotopic (exact) mass is 476 g/mol. The summed E-state index contributed by atoms with van der Waals surface area (Å²) in [4.78, 5) is 31.4. The molecule has 4 aromatic rings. The lowest BCUT2D eigenvalue weighted by molar-refractivity contribution is 0.195. The van der Waals surface area contributed by atoms with Crippen LogP contribution in [0, 0.1) is 13.8 Å². The number of nitrogens with one attached hydrogen (secondary N) is 1. The van der Waals surface area contributed by atoms with Gasteiger partial charge in [-0.2, -0.15) is 4.98 Å². The van der Waals surface area contributed by atoms with Gasteiger partial charge in [-0.05, 0) is 51.0 Å². The predicted octanol–water partition coefficient (Wildman–Crippen LogP) is 4.41. The van der Waals surface area contributed by atoms with Crippen LogP contribution in [0.25, 0.3) is 33.4 Å². The molecule has 9 heteroatoms. The number of aromatic nitrogens is 5. The first kappa shape index (κ1) is 22.4. The third-order valence-corrected chi connectivity index (χ3v) is 6.35. The second-order valence-electron chi connectivity index (χ2n) is 8.48. The summed E-state index contributed by atoms with van der Waals surface area (Å²) in [6.45, 7) is 7.63. The average molecular weight is 477 g/mol. The van der Waals surface area contributed by atoms with E-state index in [0.29, 0.717) is 40.9 Å². The molecule has 0 amide bonds. The first-order valence-electron chi connectivity index (χ1n) is 11.3. The summed E-state index contributed by atoms with van der Waals surface area (Å²) < 4.78 is 7.08. The van der Waals surface area contributed by atoms with Crippen LogP contribution in [0.4, 0.5) is 5.95 Å². The van der Waals surface area contributed by atoms with Gasteiger partial charge in [-0.3, -0.25) is 14.3 Å². The normalized spacial score (nSPS) is 15.7. The SMILES string of the molecule is CCn1c(=O)c(-c2cc(C)c(-c3cncc(C)n3)cc2Cl)cc2cnc(N[C@@H]3CCOC3)nc21. The molecule has 0 unspecified atom stereocenters. The van der Waals surface area contributed by atoms with Crippen molar-refractivity contribution in [2.75, 3.05) is 18.5 Å². The van der Waals surface area contributed by atoms with E-state index in [-0.39, 0.29) is 11.6 Å². The summed E-state index contributed by atoms with van der Waals surface area (Å²) in [5.74, 6) is 0.495. The van der Waals surface area contributed by atoms with E-state index in [1.165, 1.54) is 0 Å². The van der Waals surface area contributed by atoms with Crippen LogP contribution in [0.1, 0.15) is 24.6 Å². The fourth-order valence-electron chi connectivity index (χ4n) is 4.30. The average Bonchev–Trinajstić information content (AvgIpc) is 3.33. The van der Waals surface area contributed by atoms with Gasteiger partial charge in [-0.1, -0.05) is 11.6 Å². The second-order valence-corrected chi connectivity index (χ2v) is 8.88. The molecule has 5 rings (SSSR count). The van der Waals surface area contributed by atoms with Crippen LogP contribution in [0.3, 0.4) is 0 Å². The zero-order chi connectivity index (χ0) is 23.8. The Morgan fingerprint density at radius 1 is 1.12 bits per heavy atom. The molecule has 0 saturated carbocycles. The van der Waals surface area contributed by atoms with Crippen LogP contribution in [0.5, 0.6) is 0 Å². The number of ether oxygens (including phenoxy) is 1. The van der Waals surface area contributed by atoms with Crippen molar-refractivity contribution in [1.82, 2.24) is 24.5 Å². The van der Waals surface area contributed by atoms with E-state index in [1.54, 1.807) is 23.2 Å². The molecule has 3 aromatic heterocycles. The molecule has 1 aliphatic heterocycles. The second kappa shape index (κ2) is 9.12. The van der Waals surface area contributed by atoms with Gasteiger partial charge in [0.1, 0.15) is 5.65 Å². The molecule has 1 atom stereocenters. The molecule has 0 radical (unpaired) electrons. The van der Waals surface area contributed by atoms with E-state index < -0.39 is 0 Å². The molecule has 34 heavy (non-hydrogen) atoms. The molecule has 1 aromatic carbocycles. The minimum Gasteiger partial charge on any atom is -0.379 e. The fourth-order valence-corrected chi connectivity index (χ4v) is 4.57. The third kappa shape index (κ3) is 4.15. The molecular formula is C25H25ClN6O2. The third-order valence-electron chi connectivity index (χ3n) is 6.04. The number of fused-ring (bicyclic) bond motifs is 1. The van der Waals surface area contributed by atoms with Crippen molar-refractivity contribution in [3.8, 4) is 22.4 Å². The highest BCUT2D eigenvalue weighted by atomic mass is 35.5. The summed E-state index contributed by atoms with van der Waals surface area (Å²) in [5.41, 5.74) is 5.04. The lowest BCUT2D eigenvalue weighted by atomic mass is 9.98. The van der Waals surface area contributed by atoms with E-state index in [0.717, 1.165) is 40.9 Å². The number of anilines is 1. The standard InChI is InChI=1S/C25H25ClN6O2/c1-4-32-23-16(11-28-25(31-23)30-17-5-6-34-13-17)8-20(24(32)33)19-7-14(2)18(9-21(19)26)22-12-27-10-15(3)29-22/h7-12,17H,4-6,13H2,1-3H3,(H,28,30,31)/t17-/m1/s1. The molecule has 4 heterocycles. The summed E-state index contributed by atoms with van der Waals surface area (Å²) in [6, 6.07) is 5.78. The van der Waals surface area contributed by atoms with E-state index in [4.69, 9.17) is 16.3 Å². The highest BCUT2D eigenvalue weighted by molar-refractivity contribution is 6.33. The van der Waals surface area contributed by atoms with Crippen molar-refractivity contribution in [3.63, 3.8) is 0 Å². The Hall–Kier alpha value is -3.36.